The van der Waals surface area contributed by atoms with Gasteiger partial charge >= 0.3 is 6.18 Å². The van der Waals surface area contributed by atoms with Crippen molar-refractivity contribution in [2.75, 3.05) is 38.4 Å². The molecule has 2 N–H and O–H groups in total. The Morgan fingerprint density at radius 1 is 1.23 bits per heavy atom. The van der Waals surface area contributed by atoms with E-state index in [0.717, 1.165) is 25.7 Å². The maximum absolute atomic E-state index is 13.0. The van der Waals surface area contributed by atoms with Crippen molar-refractivity contribution in [2.24, 2.45) is 0 Å². The van der Waals surface area contributed by atoms with Crippen molar-refractivity contribution in [3.8, 4) is 5.75 Å². The molecule has 0 saturated carbocycles. The summed E-state index contributed by atoms with van der Waals surface area (Å²) in [5.74, 6) is 0.371. The lowest BCUT2D eigenvalue weighted by molar-refractivity contribution is -0.137. The predicted molar refractivity (Wildman–Crippen MR) is 92.9 cm³/mol. The van der Waals surface area contributed by atoms with Crippen LogP contribution in [0.3, 0.4) is 0 Å². The summed E-state index contributed by atoms with van der Waals surface area (Å²) in [4.78, 5) is 9.95. The van der Waals surface area contributed by atoms with Gasteiger partial charge in [0.15, 0.2) is 0 Å². The molecule has 2 aromatic rings. The van der Waals surface area contributed by atoms with E-state index in [-0.39, 0.29) is 11.8 Å². The van der Waals surface area contributed by atoms with Crippen LogP contribution in [-0.2, 0) is 19.1 Å². The smallest absolute Gasteiger partial charge is 0.421 e. The van der Waals surface area contributed by atoms with E-state index in [4.69, 9.17) is 4.74 Å². The van der Waals surface area contributed by atoms with Gasteiger partial charge in [0.1, 0.15) is 17.1 Å². The molecule has 0 spiro atoms. The van der Waals surface area contributed by atoms with Crippen molar-refractivity contribution >= 4 is 17.5 Å². The molecule has 0 amide bonds. The normalized spacial score (nSPS) is 14.7. The minimum absolute atomic E-state index is 0.0635. The molecule has 140 valence electrons. The fourth-order valence-electron chi connectivity index (χ4n) is 2.95. The zero-order chi connectivity index (χ0) is 18.9. The maximum Gasteiger partial charge on any atom is 0.421 e. The Morgan fingerprint density at radius 3 is 2.65 bits per heavy atom. The molecule has 1 aliphatic heterocycles. The van der Waals surface area contributed by atoms with Crippen molar-refractivity contribution in [3.05, 3.63) is 35.0 Å². The zero-order valence-electron chi connectivity index (χ0n) is 14.7. The van der Waals surface area contributed by atoms with Crippen LogP contribution in [0.5, 0.6) is 5.75 Å². The lowest BCUT2D eigenvalue weighted by Gasteiger charge is -2.26. The zero-order valence-corrected chi connectivity index (χ0v) is 14.7. The second kappa shape index (κ2) is 6.99. The van der Waals surface area contributed by atoms with Gasteiger partial charge < -0.3 is 20.3 Å². The Labute approximate surface area is 149 Å². The standard InChI is InChI=1S/C17H20F3N5O/c1-21-15-12(17(18,19)20)8-22-16(24-15)23-13-6-10-4-5-25(2)9-11(10)7-14(13)26-3/h6-8H,4-5,9H2,1-3H3,(H2,21,22,23,24). The lowest BCUT2D eigenvalue weighted by Crippen LogP contribution is -2.26. The number of ether oxygens (including phenoxy) is 1. The minimum atomic E-state index is -4.52. The summed E-state index contributed by atoms with van der Waals surface area (Å²) in [6.07, 6.45) is -2.87. The summed E-state index contributed by atoms with van der Waals surface area (Å²) in [5.41, 5.74) is 2.06. The molecule has 0 bridgehead atoms. The highest BCUT2D eigenvalue weighted by Crippen LogP contribution is 2.35. The Morgan fingerprint density at radius 2 is 2.00 bits per heavy atom. The first-order chi connectivity index (χ1) is 12.3. The van der Waals surface area contributed by atoms with Gasteiger partial charge in [-0.3, -0.25) is 0 Å². The van der Waals surface area contributed by atoms with Crippen molar-refractivity contribution in [3.63, 3.8) is 0 Å². The second-order valence-electron chi connectivity index (χ2n) is 6.14. The van der Waals surface area contributed by atoms with E-state index in [1.54, 1.807) is 7.11 Å². The van der Waals surface area contributed by atoms with Gasteiger partial charge in [0.25, 0.3) is 0 Å². The number of rotatable bonds is 4. The number of hydrogen-bond donors (Lipinski definition) is 2. The van der Waals surface area contributed by atoms with Crippen molar-refractivity contribution in [1.82, 2.24) is 14.9 Å². The molecule has 1 aromatic carbocycles. The molecule has 0 fully saturated rings. The van der Waals surface area contributed by atoms with Gasteiger partial charge in [-0.2, -0.15) is 18.2 Å². The Kier molecular flexibility index (Phi) is 4.90. The topological polar surface area (TPSA) is 62.3 Å². The average molecular weight is 367 g/mol. The monoisotopic (exact) mass is 367 g/mol. The Hall–Kier alpha value is -2.55. The molecular formula is C17H20F3N5O. The number of hydrogen-bond acceptors (Lipinski definition) is 6. The summed E-state index contributed by atoms with van der Waals surface area (Å²) in [6, 6.07) is 3.89. The number of nitrogens with one attached hydrogen (secondary N) is 2. The van der Waals surface area contributed by atoms with Crippen LogP contribution >= 0.6 is 0 Å². The summed E-state index contributed by atoms with van der Waals surface area (Å²) >= 11 is 0. The van der Waals surface area contributed by atoms with Gasteiger partial charge in [-0.1, -0.05) is 0 Å². The van der Waals surface area contributed by atoms with Crippen molar-refractivity contribution in [2.45, 2.75) is 19.1 Å². The number of halogens is 3. The number of anilines is 3. The molecule has 2 heterocycles. The Balaban J connectivity index is 1.94. The van der Waals surface area contributed by atoms with Crippen LogP contribution in [-0.4, -0.2) is 42.6 Å². The van der Waals surface area contributed by atoms with E-state index in [1.165, 1.54) is 18.2 Å². The van der Waals surface area contributed by atoms with Crippen LogP contribution < -0.4 is 15.4 Å². The molecular weight excluding hydrogens is 347 g/mol. The molecule has 0 unspecified atom stereocenters. The molecule has 0 saturated heterocycles. The van der Waals surface area contributed by atoms with E-state index >= 15 is 0 Å². The average Bonchev–Trinajstić information content (AvgIpc) is 2.60. The third kappa shape index (κ3) is 3.67. The molecule has 9 heteroatoms. The van der Waals surface area contributed by atoms with Gasteiger partial charge in [-0.05, 0) is 36.7 Å². The number of alkyl halides is 3. The van der Waals surface area contributed by atoms with E-state index in [2.05, 4.69) is 32.5 Å². The number of methoxy groups -OCH3 is 1. The van der Waals surface area contributed by atoms with Gasteiger partial charge in [0, 0.05) is 26.3 Å². The first-order valence-corrected chi connectivity index (χ1v) is 8.09. The highest BCUT2D eigenvalue weighted by atomic mass is 19.4. The van der Waals surface area contributed by atoms with Gasteiger partial charge in [0.2, 0.25) is 5.95 Å². The molecule has 26 heavy (non-hydrogen) atoms. The fraction of sp³-hybridized carbons (Fsp3) is 0.412. The quantitative estimate of drug-likeness (QED) is 0.865. The Bertz CT molecular complexity index is 810. The SMILES string of the molecule is CNc1nc(Nc2cc3c(cc2OC)CN(C)CC3)ncc1C(F)(F)F. The number of fused-ring (bicyclic) bond motifs is 1. The second-order valence-corrected chi connectivity index (χ2v) is 6.14. The van der Waals surface area contributed by atoms with Crippen LogP contribution in [0.1, 0.15) is 16.7 Å². The highest BCUT2D eigenvalue weighted by Gasteiger charge is 2.35. The van der Waals surface area contributed by atoms with E-state index < -0.39 is 11.7 Å². The number of aromatic nitrogens is 2. The molecule has 1 aliphatic rings. The summed E-state index contributed by atoms with van der Waals surface area (Å²) in [5, 5.41) is 5.43. The number of benzene rings is 1. The number of nitrogens with zero attached hydrogens (tertiary/aromatic N) is 3. The van der Waals surface area contributed by atoms with Crippen LogP contribution in [0.15, 0.2) is 18.3 Å². The van der Waals surface area contributed by atoms with Gasteiger partial charge in [0.05, 0.1) is 12.8 Å². The fourth-order valence-corrected chi connectivity index (χ4v) is 2.95. The van der Waals surface area contributed by atoms with Crippen LogP contribution in [0.25, 0.3) is 0 Å². The maximum atomic E-state index is 13.0. The van der Waals surface area contributed by atoms with E-state index in [1.807, 2.05) is 12.1 Å². The van der Waals surface area contributed by atoms with Crippen LogP contribution in [0, 0.1) is 0 Å². The lowest BCUT2D eigenvalue weighted by atomic mass is 9.99. The molecule has 0 aliphatic carbocycles. The van der Waals surface area contributed by atoms with E-state index in [9.17, 15) is 13.2 Å². The highest BCUT2D eigenvalue weighted by molar-refractivity contribution is 5.66. The minimum Gasteiger partial charge on any atom is -0.495 e. The largest absolute Gasteiger partial charge is 0.495 e. The van der Waals surface area contributed by atoms with Crippen molar-refractivity contribution in [1.29, 1.82) is 0 Å². The first-order valence-electron chi connectivity index (χ1n) is 8.09. The molecule has 1 aromatic heterocycles. The predicted octanol–water partition coefficient (Wildman–Crippen LogP) is 3.28. The summed E-state index contributed by atoms with van der Waals surface area (Å²) < 4.78 is 44.3. The van der Waals surface area contributed by atoms with Gasteiger partial charge in [-0.15, -0.1) is 0 Å². The molecule has 0 radical (unpaired) electrons. The molecule has 6 nitrogen and oxygen atoms in total. The molecule has 3 rings (SSSR count). The summed E-state index contributed by atoms with van der Waals surface area (Å²) in [7, 11) is 4.99. The van der Waals surface area contributed by atoms with Crippen LogP contribution in [0.2, 0.25) is 0 Å². The number of likely N-dealkylation sites (N-methyl/N-ethyl adjacent to an activating group) is 1. The van der Waals surface area contributed by atoms with Crippen molar-refractivity contribution < 1.29 is 17.9 Å². The molecule has 0 atom stereocenters. The van der Waals surface area contributed by atoms with Crippen LogP contribution in [0.4, 0.5) is 30.6 Å². The third-order valence-corrected chi connectivity index (χ3v) is 4.30. The van der Waals surface area contributed by atoms with E-state index in [0.29, 0.717) is 11.4 Å². The first kappa shape index (κ1) is 18.2. The van der Waals surface area contributed by atoms with Gasteiger partial charge in [-0.25, -0.2) is 4.98 Å². The summed E-state index contributed by atoms with van der Waals surface area (Å²) in [6.45, 7) is 1.77. The third-order valence-electron chi connectivity index (χ3n) is 4.30.